The highest BCUT2D eigenvalue weighted by Gasteiger charge is 2.16. The molecule has 1 amide bonds. The second kappa shape index (κ2) is 9.62. The summed E-state index contributed by atoms with van der Waals surface area (Å²) in [6.07, 6.45) is 1.68. The Morgan fingerprint density at radius 2 is 1.64 bits per heavy atom. The quantitative estimate of drug-likeness (QED) is 0.612. The summed E-state index contributed by atoms with van der Waals surface area (Å²) in [6.45, 7) is 2.17. The Kier molecular flexibility index (Phi) is 6.95. The van der Waals surface area contributed by atoms with Crippen LogP contribution in [0.5, 0.6) is 0 Å². The van der Waals surface area contributed by atoms with Crippen molar-refractivity contribution in [2.24, 2.45) is 0 Å². The van der Waals surface area contributed by atoms with Crippen molar-refractivity contribution in [3.63, 3.8) is 0 Å². The first-order valence-corrected chi connectivity index (χ1v) is 11.1. The average molecular weight is 395 g/mol. The van der Waals surface area contributed by atoms with E-state index in [1.54, 1.807) is 6.26 Å². The summed E-state index contributed by atoms with van der Waals surface area (Å²) >= 11 is 0. The molecular weight excluding hydrogens is 368 g/mol. The molecule has 0 aliphatic rings. The van der Waals surface area contributed by atoms with Crippen LogP contribution in [0.2, 0.25) is 0 Å². The number of amides is 1. The fourth-order valence-electron chi connectivity index (χ4n) is 3.41. The molecule has 3 rings (SSSR count). The average Bonchev–Trinajstić information content (AvgIpc) is 2.71. The van der Waals surface area contributed by atoms with Gasteiger partial charge >= 0.3 is 0 Å². The van der Waals surface area contributed by atoms with E-state index < -0.39 is 10.8 Å². The van der Waals surface area contributed by atoms with Crippen molar-refractivity contribution in [2.75, 3.05) is 18.6 Å². The van der Waals surface area contributed by atoms with Crippen LogP contribution >= 0.6 is 0 Å². The van der Waals surface area contributed by atoms with Gasteiger partial charge in [-0.3, -0.25) is 9.00 Å². The van der Waals surface area contributed by atoms with Gasteiger partial charge in [-0.25, -0.2) is 0 Å². The predicted octanol–water partition coefficient (Wildman–Crippen LogP) is 3.73. The van der Waals surface area contributed by atoms with Crippen molar-refractivity contribution in [2.45, 2.75) is 19.0 Å². The van der Waals surface area contributed by atoms with E-state index in [0.29, 0.717) is 5.75 Å². The number of benzene rings is 3. The molecule has 0 fully saturated rings. The van der Waals surface area contributed by atoms with E-state index in [4.69, 9.17) is 0 Å². The van der Waals surface area contributed by atoms with Gasteiger partial charge in [0.15, 0.2) is 0 Å². The zero-order chi connectivity index (χ0) is 19.9. The molecule has 0 aliphatic carbocycles. The lowest BCUT2D eigenvalue weighted by molar-refractivity contribution is -0.121. The van der Waals surface area contributed by atoms with Gasteiger partial charge in [0.05, 0.1) is 12.6 Å². The van der Waals surface area contributed by atoms with Crippen LogP contribution in [-0.4, -0.2) is 28.7 Å². The number of hydrogen-bond donors (Lipinski definition) is 2. The molecule has 0 saturated carbocycles. The van der Waals surface area contributed by atoms with Crippen molar-refractivity contribution >= 4 is 27.5 Å². The zero-order valence-corrected chi connectivity index (χ0v) is 17.0. The van der Waals surface area contributed by atoms with Gasteiger partial charge in [0.25, 0.3) is 0 Å². The Balaban J connectivity index is 1.64. The van der Waals surface area contributed by atoms with Gasteiger partial charge in [0.2, 0.25) is 5.91 Å². The largest absolute Gasteiger partial charge is 0.348 e. The second-order valence-electron chi connectivity index (χ2n) is 6.94. The Hall–Kier alpha value is -2.50. The van der Waals surface area contributed by atoms with Crippen LogP contribution in [-0.2, 0) is 15.6 Å². The molecule has 3 aromatic carbocycles. The van der Waals surface area contributed by atoms with Crippen LogP contribution < -0.4 is 10.6 Å². The van der Waals surface area contributed by atoms with E-state index in [0.717, 1.165) is 21.9 Å². The van der Waals surface area contributed by atoms with Crippen LogP contribution in [0, 0.1) is 0 Å². The summed E-state index contributed by atoms with van der Waals surface area (Å²) in [7, 11) is -0.961. The smallest absolute Gasteiger partial charge is 0.234 e. The highest BCUT2D eigenvalue weighted by molar-refractivity contribution is 7.84. The normalized spacial score (nSPS) is 14.4. The van der Waals surface area contributed by atoms with Gasteiger partial charge in [-0.1, -0.05) is 72.8 Å². The van der Waals surface area contributed by atoms with Crippen molar-refractivity contribution < 1.29 is 9.00 Å². The lowest BCUT2D eigenvalue weighted by Gasteiger charge is -2.20. The number of hydrogen-bond acceptors (Lipinski definition) is 3. The molecule has 146 valence electrons. The SMILES string of the molecule is C[C@H](NC(=O)CN[C@@H](C[S@](C)=O)c1ccccc1)c1cccc2ccccc12. The molecule has 0 spiro atoms. The van der Waals surface area contributed by atoms with E-state index in [9.17, 15) is 9.00 Å². The summed E-state index contributed by atoms with van der Waals surface area (Å²) in [5, 5.41) is 8.64. The van der Waals surface area contributed by atoms with Crippen molar-refractivity contribution in [3.05, 3.63) is 83.9 Å². The maximum absolute atomic E-state index is 12.5. The number of carbonyl (C=O) groups excluding carboxylic acids is 1. The van der Waals surface area contributed by atoms with Gasteiger partial charge in [-0.05, 0) is 28.8 Å². The van der Waals surface area contributed by atoms with Crippen LogP contribution in [0.3, 0.4) is 0 Å². The third-order valence-electron chi connectivity index (χ3n) is 4.78. The molecule has 0 aliphatic heterocycles. The molecule has 28 heavy (non-hydrogen) atoms. The predicted molar refractivity (Wildman–Crippen MR) is 117 cm³/mol. The summed E-state index contributed by atoms with van der Waals surface area (Å²) < 4.78 is 11.7. The van der Waals surface area contributed by atoms with Crippen molar-refractivity contribution in [1.82, 2.24) is 10.6 Å². The van der Waals surface area contributed by atoms with Gasteiger partial charge in [-0.15, -0.1) is 0 Å². The summed E-state index contributed by atoms with van der Waals surface area (Å²) in [5.41, 5.74) is 2.13. The first kappa shape index (κ1) is 20.2. The molecule has 0 bridgehead atoms. The van der Waals surface area contributed by atoms with Crippen LogP contribution in [0.15, 0.2) is 72.8 Å². The van der Waals surface area contributed by atoms with E-state index in [-0.39, 0.29) is 24.5 Å². The van der Waals surface area contributed by atoms with E-state index in [1.165, 1.54) is 0 Å². The highest BCUT2D eigenvalue weighted by atomic mass is 32.2. The minimum absolute atomic E-state index is 0.0803. The maximum atomic E-state index is 12.5. The molecule has 0 unspecified atom stereocenters. The van der Waals surface area contributed by atoms with E-state index in [2.05, 4.69) is 28.8 Å². The first-order valence-electron chi connectivity index (χ1n) is 9.40. The first-order chi connectivity index (χ1) is 13.5. The second-order valence-corrected chi connectivity index (χ2v) is 8.42. The van der Waals surface area contributed by atoms with E-state index in [1.807, 2.05) is 61.5 Å². The summed E-state index contributed by atoms with van der Waals surface area (Å²) in [6, 6.07) is 23.9. The third-order valence-corrected chi connectivity index (χ3v) is 5.58. The Morgan fingerprint density at radius 3 is 2.39 bits per heavy atom. The number of nitrogens with one attached hydrogen (secondary N) is 2. The fourth-order valence-corrected chi connectivity index (χ4v) is 4.19. The molecule has 3 aromatic rings. The Bertz CT molecular complexity index is 954. The molecule has 5 heteroatoms. The standard InChI is InChI=1S/C23H26N2O2S/c1-17(20-14-8-12-18-9-6-7-13-21(18)20)25-23(26)15-24-22(16-28(2)27)19-10-4-3-5-11-19/h3-14,17,22,24H,15-16H2,1-2H3,(H,25,26)/t17-,22-,28-/m0/s1. The lowest BCUT2D eigenvalue weighted by atomic mass is 10.00. The Morgan fingerprint density at radius 1 is 0.964 bits per heavy atom. The minimum Gasteiger partial charge on any atom is -0.348 e. The molecule has 3 atom stereocenters. The lowest BCUT2D eigenvalue weighted by Crippen LogP contribution is -2.38. The topological polar surface area (TPSA) is 58.2 Å². The fraction of sp³-hybridized carbons (Fsp3) is 0.261. The number of carbonyl (C=O) groups is 1. The van der Waals surface area contributed by atoms with Gasteiger partial charge < -0.3 is 10.6 Å². The number of rotatable bonds is 8. The summed E-state index contributed by atoms with van der Waals surface area (Å²) in [4.78, 5) is 12.5. The summed E-state index contributed by atoms with van der Waals surface area (Å²) in [5.74, 6) is 0.388. The van der Waals surface area contributed by atoms with Gasteiger partial charge in [0.1, 0.15) is 0 Å². The molecular formula is C23H26N2O2S. The molecule has 0 saturated heterocycles. The molecule has 2 N–H and O–H groups in total. The van der Waals surface area contributed by atoms with Crippen molar-refractivity contribution in [1.29, 1.82) is 0 Å². The monoisotopic (exact) mass is 394 g/mol. The van der Waals surface area contributed by atoms with Crippen LogP contribution in [0.1, 0.15) is 30.1 Å². The maximum Gasteiger partial charge on any atom is 0.234 e. The highest BCUT2D eigenvalue weighted by Crippen LogP contribution is 2.24. The molecule has 0 heterocycles. The van der Waals surface area contributed by atoms with Crippen molar-refractivity contribution in [3.8, 4) is 0 Å². The minimum atomic E-state index is -0.961. The molecule has 0 aromatic heterocycles. The Labute approximate surface area is 168 Å². The number of fused-ring (bicyclic) bond motifs is 1. The molecule has 0 radical (unpaired) electrons. The van der Waals surface area contributed by atoms with Gasteiger partial charge in [-0.2, -0.15) is 0 Å². The zero-order valence-electron chi connectivity index (χ0n) is 16.2. The third kappa shape index (κ3) is 5.27. The van der Waals surface area contributed by atoms with Gasteiger partial charge in [0, 0.05) is 28.9 Å². The molecule has 4 nitrogen and oxygen atoms in total. The van der Waals surface area contributed by atoms with Crippen LogP contribution in [0.4, 0.5) is 0 Å². The van der Waals surface area contributed by atoms with Crippen LogP contribution in [0.25, 0.3) is 10.8 Å². The van der Waals surface area contributed by atoms with E-state index >= 15 is 0 Å².